The van der Waals surface area contributed by atoms with Crippen LogP contribution >= 0.6 is 0 Å². The highest BCUT2D eigenvalue weighted by atomic mass is 16.6. The zero-order chi connectivity index (χ0) is 35.7. The van der Waals surface area contributed by atoms with Gasteiger partial charge in [-0.1, -0.05) is 69.4 Å². The van der Waals surface area contributed by atoms with Crippen molar-refractivity contribution in [2.45, 2.75) is 70.5 Å². The second-order valence-electron chi connectivity index (χ2n) is 13.7. The van der Waals surface area contributed by atoms with Crippen LogP contribution in [-0.4, -0.2) is 57.1 Å². The van der Waals surface area contributed by atoms with Crippen LogP contribution in [0.4, 0.5) is 5.69 Å². The number of epoxide rings is 2. The summed E-state index contributed by atoms with van der Waals surface area (Å²) in [6.07, 6.45) is 9.08. The van der Waals surface area contributed by atoms with Crippen molar-refractivity contribution in [3.8, 4) is 17.2 Å². The van der Waals surface area contributed by atoms with E-state index in [0.717, 1.165) is 78.4 Å². The first kappa shape index (κ1) is 35.5. The maximum absolute atomic E-state index is 14.2. The molecule has 8 heteroatoms. The third-order valence-electron chi connectivity index (χ3n) is 9.65. The third-order valence-corrected chi connectivity index (χ3v) is 9.65. The molecule has 2 fully saturated rings. The van der Waals surface area contributed by atoms with Gasteiger partial charge in [0.05, 0.1) is 44.2 Å². The molecule has 0 aliphatic carbocycles. The van der Waals surface area contributed by atoms with Crippen LogP contribution in [0.25, 0.3) is 21.5 Å². The maximum atomic E-state index is 14.2. The summed E-state index contributed by atoms with van der Waals surface area (Å²) in [5, 5.41) is 3.87. The smallest absolute Gasteiger partial charge is 0.343 e. The van der Waals surface area contributed by atoms with Gasteiger partial charge >= 0.3 is 5.97 Å². The van der Waals surface area contributed by atoms with Crippen molar-refractivity contribution >= 4 is 39.1 Å². The van der Waals surface area contributed by atoms with Gasteiger partial charge in [-0.15, -0.1) is 0 Å². The number of hydrogen-bond acceptors (Lipinski definition) is 7. The van der Waals surface area contributed by atoms with E-state index in [0.29, 0.717) is 54.5 Å². The molecule has 0 radical (unpaired) electrons. The van der Waals surface area contributed by atoms with Gasteiger partial charge in [0.25, 0.3) is 5.91 Å². The van der Waals surface area contributed by atoms with Crippen LogP contribution in [0.1, 0.15) is 79.0 Å². The first-order valence-electron chi connectivity index (χ1n) is 18.7. The van der Waals surface area contributed by atoms with Crippen molar-refractivity contribution in [3.05, 3.63) is 108 Å². The lowest BCUT2D eigenvalue weighted by Crippen LogP contribution is -2.32. The van der Waals surface area contributed by atoms with Crippen LogP contribution in [0.3, 0.4) is 0 Å². The Hall–Kier alpha value is -4.92. The average molecular weight is 702 g/mol. The van der Waals surface area contributed by atoms with Crippen LogP contribution in [0.2, 0.25) is 0 Å². The maximum Gasteiger partial charge on any atom is 0.343 e. The lowest BCUT2D eigenvalue weighted by atomic mass is 10.0. The molecule has 2 saturated heterocycles. The first-order valence-corrected chi connectivity index (χ1v) is 18.7. The molecule has 2 aliphatic rings. The fourth-order valence-corrected chi connectivity index (χ4v) is 6.41. The molecule has 5 aromatic rings. The van der Waals surface area contributed by atoms with Crippen LogP contribution in [0.15, 0.2) is 97.1 Å². The van der Waals surface area contributed by atoms with Gasteiger partial charge in [-0.2, -0.15) is 0 Å². The van der Waals surface area contributed by atoms with E-state index >= 15 is 0 Å². The number of rotatable bonds is 19. The van der Waals surface area contributed by atoms with Crippen LogP contribution < -0.4 is 19.1 Å². The highest BCUT2D eigenvalue weighted by Gasteiger charge is 2.23. The molecule has 1 amide bonds. The predicted octanol–water partition coefficient (Wildman–Crippen LogP) is 9.55. The summed E-state index contributed by atoms with van der Waals surface area (Å²) in [5.74, 6) is 1.42. The largest absolute Gasteiger partial charge is 0.493 e. The second-order valence-corrected chi connectivity index (χ2v) is 13.7. The van der Waals surface area contributed by atoms with E-state index in [1.165, 1.54) is 19.3 Å². The fourth-order valence-electron chi connectivity index (χ4n) is 6.41. The standard InChI is InChI=1S/C44H47NO7/c1-2-3-4-5-6-7-21-45(43(46)35-13-11-33-26-38(17-15-31(33)24-35)48-22-19-41-29-50-41)37-9-8-10-40(28-37)52-44(47)36-14-12-34-27-39(18-16-32(34)25-36)49-23-20-42-30-51-42/h8-18,24-28,41-42H,2-7,19-23,29-30H2,1H3. The van der Waals surface area contributed by atoms with E-state index in [2.05, 4.69) is 6.92 Å². The number of benzene rings is 5. The van der Waals surface area contributed by atoms with E-state index in [9.17, 15) is 9.59 Å². The number of anilines is 1. The molecule has 0 saturated carbocycles. The molecule has 0 spiro atoms. The van der Waals surface area contributed by atoms with Gasteiger partial charge in [-0.25, -0.2) is 4.79 Å². The van der Waals surface area contributed by atoms with Crippen molar-refractivity contribution in [1.29, 1.82) is 0 Å². The normalized spacial score (nSPS) is 16.1. The van der Waals surface area contributed by atoms with Crippen LogP contribution in [0.5, 0.6) is 17.2 Å². The van der Waals surface area contributed by atoms with Gasteiger partial charge in [0, 0.05) is 36.7 Å². The molecular formula is C44H47NO7. The Labute approximate surface area is 305 Å². The number of nitrogens with zero attached hydrogens (tertiary/aromatic N) is 1. The second kappa shape index (κ2) is 17.1. The SMILES string of the molecule is CCCCCCCCN(C(=O)c1ccc2cc(OCCC3CO3)ccc2c1)c1cccc(OC(=O)c2ccc3cc(OCCC4CO4)ccc3c2)c1. The Morgan fingerprint density at radius 2 is 1.19 bits per heavy atom. The Kier molecular flexibility index (Phi) is 11.6. The summed E-state index contributed by atoms with van der Waals surface area (Å²) in [7, 11) is 0. The number of carbonyl (C=O) groups is 2. The van der Waals surface area contributed by atoms with E-state index in [1.807, 2.05) is 83.8 Å². The molecule has 0 aromatic heterocycles. The van der Waals surface area contributed by atoms with Gasteiger partial charge in [0.2, 0.25) is 0 Å². The number of fused-ring (bicyclic) bond motifs is 2. The van der Waals surface area contributed by atoms with Crippen LogP contribution in [0, 0.1) is 0 Å². The average Bonchev–Trinajstić information content (AvgIpc) is 4.11. The number of amides is 1. The van der Waals surface area contributed by atoms with Gasteiger partial charge in [0.1, 0.15) is 17.2 Å². The number of unbranched alkanes of at least 4 members (excludes halogenated alkanes) is 5. The van der Waals surface area contributed by atoms with Gasteiger partial charge in [-0.05, 0) is 88.6 Å². The number of ether oxygens (including phenoxy) is 5. The molecule has 2 atom stereocenters. The molecule has 2 unspecified atom stereocenters. The van der Waals surface area contributed by atoms with E-state index < -0.39 is 5.97 Å². The van der Waals surface area contributed by atoms with Crippen molar-refractivity contribution in [3.63, 3.8) is 0 Å². The molecule has 0 bridgehead atoms. The van der Waals surface area contributed by atoms with Crippen molar-refractivity contribution in [2.75, 3.05) is 37.9 Å². The number of carbonyl (C=O) groups excluding carboxylic acids is 2. The summed E-state index contributed by atoms with van der Waals surface area (Å²) in [6, 6.07) is 30.4. The number of hydrogen-bond donors (Lipinski definition) is 0. The molecule has 2 aliphatic heterocycles. The van der Waals surface area contributed by atoms with Crippen molar-refractivity contribution in [2.24, 2.45) is 0 Å². The van der Waals surface area contributed by atoms with Gasteiger partial charge in [-0.3, -0.25) is 4.79 Å². The summed E-state index contributed by atoms with van der Waals surface area (Å²) >= 11 is 0. The minimum absolute atomic E-state index is 0.0950. The molecular weight excluding hydrogens is 654 g/mol. The molecule has 7 rings (SSSR count). The van der Waals surface area contributed by atoms with E-state index in [1.54, 1.807) is 18.2 Å². The molecule has 270 valence electrons. The van der Waals surface area contributed by atoms with Crippen molar-refractivity contribution < 1.29 is 33.3 Å². The van der Waals surface area contributed by atoms with Gasteiger partial charge < -0.3 is 28.6 Å². The molecule has 2 heterocycles. The summed E-state index contributed by atoms with van der Waals surface area (Å²) in [6.45, 7) is 5.64. The Morgan fingerprint density at radius 1 is 0.635 bits per heavy atom. The highest BCUT2D eigenvalue weighted by molar-refractivity contribution is 6.08. The number of esters is 1. The zero-order valence-electron chi connectivity index (χ0n) is 29.9. The quantitative estimate of drug-likeness (QED) is 0.0367. The molecule has 52 heavy (non-hydrogen) atoms. The molecule has 5 aromatic carbocycles. The minimum Gasteiger partial charge on any atom is -0.493 e. The first-order chi connectivity index (χ1) is 25.5. The van der Waals surface area contributed by atoms with Gasteiger partial charge in [0.15, 0.2) is 0 Å². The minimum atomic E-state index is -0.462. The zero-order valence-corrected chi connectivity index (χ0v) is 29.9. The Balaban J connectivity index is 1.04. The lowest BCUT2D eigenvalue weighted by molar-refractivity contribution is 0.0735. The van der Waals surface area contributed by atoms with Crippen molar-refractivity contribution in [1.82, 2.24) is 0 Å². The summed E-state index contributed by atoms with van der Waals surface area (Å²) in [5.41, 5.74) is 1.73. The van der Waals surface area contributed by atoms with Crippen LogP contribution in [-0.2, 0) is 9.47 Å². The monoisotopic (exact) mass is 701 g/mol. The third kappa shape index (κ3) is 9.69. The Bertz CT molecular complexity index is 2000. The molecule has 8 nitrogen and oxygen atoms in total. The van der Waals surface area contributed by atoms with E-state index in [4.69, 9.17) is 23.7 Å². The topological polar surface area (TPSA) is 90.1 Å². The highest BCUT2D eigenvalue weighted by Crippen LogP contribution is 2.29. The predicted molar refractivity (Wildman–Crippen MR) is 204 cm³/mol. The fraction of sp³-hybridized carbons (Fsp3) is 0.364. The summed E-state index contributed by atoms with van der Waals surface area (Å²) in [4.78, 5) is 29.4. The molecule has 0 N–H and O–H groups in total. The summed E-state index contributed by atoms with van der Waals surface area (Å²) < 4.78 is 28.2. The lowest BCUT2D eigenvalue weighted by Gasteiger charge is -2.24. The Morgan fingerprint density at radius 3 is 1.83 bits per heavy atom. The van der Waals surface area contributed by atoms with E-state index in [-0.39, 0.29) is 5.91 Å².